The first-order chi connectivity index (χ1) is 7.24. The second-order valence-corrected chi connectivity index (χ2v) is 3.72. The van der Waals surface area contributed by atoms with E-state index >= 15 is 0 Å². The number of carbonyl (C=O) groups is 1. The molecule has 0 radical (unpaired) electrons. The van der Waals surface area contributed by atoms with Gasteiger partial charge in [-0.1, -0.05) is 6.42 Å². The summed E-state index contributed by atoms with van der Waals surface area (Å²) in [5.41, 5.74) is 0.438. The van der Waals surface area contributed by atoms with E-state index in [1.54, 1.807) is 10.7 Å². The van der Waals surface area contributed by atoms with Crippen molar-refractivity contribution in [3.05, 3.63) is 18.0 Å². The topological polar surface area (TPSA) is 78.9 Å². The standard InChI is InChI=1S/C10H11N3O2/c11-6-7-4-5-12-13(7)9-3-1-2-8(9)10(14)15/h4-5,8-9H,1-3H2,(H,14,15). The molecule has 1 aromatic heterocycles. The molecule has 1 N–H and O–H groups in total. The highest BCUT2D eigenvalue weighted by Crippen LogP contribution is 2.35. The molecule has 5 heteroatoms. The summed E-state index contributed by atoms with van der Waals surface area (Å²) in [6.45, 7) is 0. The molecule has 0 amide bonds. The summed E-state index contributed by atoms with van der Waals surface area (Å²) in [6, 6.07) is 3.47. The summed E-state index contributed by atoms with van der Waals surface area (Å²) in [7, 11) is 0. The second kappa shape index (κ2) is 3.73. The maximum atomic E-state index is 11.0. The van der Waals surface area contributed by atoms with Crippen LogP contribution in [-0.4, -0.2) is 20.9 Å². The van der Waals surface area contributed by atoms with Crippen LogP contribution in [0.25, 0.3) is 0 Å². The summed E-state index contributed by atoms with van der Waals surface area (Å²) < 4.78 is 1.55. The lowest BCUT2D eigenvalue weighted by Gasteiger charge is -2.16. The van der Waals surface area contributed by atoms with Gasteiger partial charge in [-0.05, 0) is 18.9 Å². The van der Waals surface area contributed by atoms with Crippen molar-refractivity contribution in [2.45, 2.75) is 25.3 Å². The molecule has 0 spiro atoms. The van der Waals surface area contributed by atoms with Crippen molar-refractivity contribution in [3.63, 3.8) is 0 Å². The van der Waals surface area contributed by atoms with Crippen LogP contribution in [0.4, 0.5) is 0 Å². The van der Waals surface area contributed by atoms with Crippen molar-refractivity contribution in [2.75, 3.05) is 0 Å². The highest BCUT2D eigenvalue weighted by atomic mass is 16.4. The molecule has 2 atom stereocenters. The van der Waals surface area contributed by atoms with Gasteiger partial charge in [0.1, 0.15) is 11.8 Å². The maximum absolute atomic E-state index is 11.0. The molecule has 0 aromatic carbocycles. The number of rotatable bonds is 2. The fourth-order valence-corrected chi connectivity index (χ4v) is 2.19. The van der Waals surface area contributed by atoms with Crippen molar-refractivity contribution in [1.82, 2.24) is 9.78 Å². The fourth-order valence-electron chi connectivity index (χ4n) is 2.19. The van der Waals surface area contributed by atoms with E-state index in [-0.39, 0.29) is 6.04 Å². The molecule has 1 aliphatic rings. The molecule has 1 aliphatic carbocycles. The van der Waals surface area contributed by atoms with Gasteiger partial charge in [0.15, 0.2) is 0 Å². The third kappa shape index (κ3) is 1.59. The summed E-state index contributed by atoms with van der Waals surface area (Å²) >= 11 is 0. The molecule has 1 fully saturated rings. The maximum Gasteiger partial charge on any atom is 0.308 e. The number of aliphatic carboxylic acids is 1. The van der Waals surface area contributed by atoms with Gasteiger partial charge in [-0.15, -0.1) is 0 Å². The molecule has 0 aliphatic heterocycles. The zero-order valence-electron chi connectivity index (χ0n) is 8.13. The molecule has 1 saturated carbocycles. The average Bonchev–Trinajstić information content (AvgIpc) is 2.85. The Labute approximate surface area is 86.9 Å². The van der Waals surface area contributed by atoms with Crippen LogP contribution in [-0.2, 0) is 4.79 Å². The molecule has 0 saturated heterocycles. The largest absolute Gasteiger partial charge is 0.481 e. The molecule has 15 heavy (non-hydrogen) atoms. The SMILES string of the molecule is N#Cc1ccnn1C1CCCC1C(=O)O. The second-order valence-electron chi connectivity index (χ2n) is 3.72. The lowest BCUT2D eigenvalue weighted by atomic mass is 10.0. The molecule has 0 bridgehead atoms. The van der Waals surface area contributed by atoms with Crippen LogP contribution in [0.15, 0.2) is 12.3 Å². The molecular formula is C10H11N3O2. The summed E-state index contributed by atoms with van der Waals surface area (Å²) in [6.07, 6.45) is 3.88. The van der Waals surface area contributed by atoms with Crippen LogP contribution < -0.4 is 0 Å². The average molecular weight is 205 g/mol. The first-order valence-corrected chi connectivity index (χ1v) is 4.90. The van der Waals surface area contributed by atoms with E-state index < -0.39 is 11.9 Å². The quantitative estimate of drug-likeness (QED) is 0.786. The van der Waals surface area contributed by atoms with E-state index in [0.717, 1.165) is 12.8 Å². The van der Waals surface area contributed by atoms with Crippen molar-refractivity contribution >= 4 is 5.97 Å². The van der Waals surface area contributed by atoms with E-state index in [4.69, 9.17) is 10.4 Å². The van der Waals surface area contributed by atoms with E-state index in [9.17, 15) is 4.79 Å². The summed E-state index contributed by atoms with van der Waals surface area (Å²) in [4.78, 5) is 11.0. The Morgan fingerprint density at radius 2 is 2.47 bits per heavy atom. The van der Waals surface area contributed by atoms with Crippen LogP contribution in [0, 0.1) is 17.2 Å². The van der Waals surface area contributed by atoms with Gasteiger partial charge in [0.2, 0.25) is 0 Å². The predicted octanol–water partition coefficient (Wildman–Crippen LogP) is 1.18. The third-order valence-electron chi connectivity index (χ3n) is 2.90. The van der Waals surface area contributed by atoms with Gasteiger partial charge in [0.25, 0.3) is 0 Å². The van der Waals surface area contributed by atoms with E-state index in [1.807, 2.05) is 6.07 Å². The van der Waals surface area contributed by atoms with Gasteiger partial charge < -0.3 is 5.11 Å². The summed E-state index contributed by atoms with van der Waals surface area (Å²) in [5, 5.41) is 21.9. The van der Waals surface area contributed by atoms with E-state index in [0.29, 0.717) is 12.1 Å². The van der Waals surface area contributed by atoms with Gasteiger partial charge in [-0.3, -0.25) is 9.48 Å². The number of hydrogen-bond acceptors (Lipinski definition) is 3. The lowest BCUT2D eigenvalue weighted by Crippen LogP contribution is -2.23. The Hall–Kier alpha value is -1.83. The molecule has 1 heterocycles. The molecule has 5 nitrogen and oxygen atoms in total. The van der Waals surface area contributed by atoms with Crippen LogP contribution in [0.5, 0.6) is 0 Å². The Bertz CT molecular complexity index is 419. The zero-order chi connectivity index (χ0) is 10.8. The van der Waals surface area contributed by atoms with Gasteiger partial charge in [-0.25, -0.2) is 0 Å². The Morgan fingerprint density at radius 3 is 3.13 bits per heavy atom. The highest BCUT2D eigenvalue weighted by molar-refractivity contribution is 5.71. The Morgan fingerprint density at radius 1 is 1.67 bits per heavy atom. The smallest absolute Gasteiger partial charge is 0.308 e. The lowest BCUT2D eigenvalue weighted by molar-refractivity contribution is -0.142. The van der Waals surface area contributed by atoms with Crippen molar-refractivity contribution < 1.29 is 9.90 Å². The molecule has 2 unspecified atom stereocenters. The van der Waals surface area contributed by atoms with Gasteiger partial charge in [0.05, 0.1) is 18.2 Å². The number of carboxylic acid groups (broad SMARTS) is 1. The van der Waals surface area contributed by atoms with Crippen LogP contribution in [0.1, 0.15) is 31.0 Å². The van der Waals surface area contributed by atoms with Gasteiger partial charge in [0, 0.05) is 0 Å². The first-order valence-electron chi connectivity index (χ1n) is 4.90. The van der Waals surface area contributed by atoms with Crippen molar-refractivity contribution in [2.24, 2.45) is 5.92 Å². The van der Waals surface area contributed by atoms with Crippen LogP contribution in [0.3, 0.4) is 0 Å². The number of nitrogens with zero attached hydrogens (tertiary/aromatic N) is 3. The minimum Gasteiger partial charge on any atom is -0.481 e. The van der Waals surface area contributed by atoms with Gasteiger partial charge in [-0.2, -0.15) is 10.4 Å². The minimum absolute atomic E-state index is 0.160. The van der Waals surface area contributed by atoms with E-state index in [2.05, 4.69) is 5.10 Å². The zero-order valence-corrected chi connectivity index (χ0v) is 8.13. The highest BCUT2D eigenvalue weighted by Gasteiger charge is 2.35. The van der Waals surface area contributed by atoms with Crippen LogP contribution >= 0.6 is 0 Å². The monoisotopic (exact) mass is 205 g/mol. The molecule has 2 rings (SSSR count). The van der Waals surface area contributed by atoms with Crippen LogP contribution in [0.2, 0.25) is 0 Å². The Kier molecular flexibility index (Phi) is 2.42. The number of aromatic nitrogens is 2. The van der Waals surface area contributed by atoms with Crippen molar-refractivity contribution in [1.29, 1.82) is 5.26 Å². The first kappa shape index (κ1) is 9.71. The number of nitriles is 1. The normalized spacial score (nSPS) is 25.0. The summed E-state index contributed by atoms with van der Waals surface area (Å²) in [5.74, 6) is -1.20. The van der Waals surface area contributed by atoms with E-state index in [1.165, 1.54) is 6.20 Å². The Balaban J connectivity index is 2.31. The van der Waals surface area contributed by atoms with Gasteiger partial charge >= 0.3 is 5.97 Å². The molecule has 78 valence electrons. The van der Waals surface area contributed by atoms with Crippen molar-refractivity contribution in [3.8, 4) is 6.07 Å². The fraction of sp³-hybridized carbons (Fsp3) is 0.500. The predicted molar refractivity (Wildman–Crippen MR) is 51.0 cm³/mol. The third-order valence-corrected chi connectivity index (χ3v) is 2.90. The number of carboxylic acids is 1. The minimum atomic E-state index is -0.795. The number of hydrogen-bond donors (Lipinski definition) is 1. The molecular weight excluding hydrogens is 194 g/mol. The molecule has 1 aromatic rings.